The van der Waals surface area contributed by atoms with Crippen LogP contribution in [0.1, 0.15) is 19.4 Å². The summed E-state index contributed by atoms with van der Waals surface area (Å²) in [5.74, 6) is -1.34. The Bertz CT molecular complexity index is 602. The molecule has 0 radical (unpaired) electrons. The van der Waals surface area contributed by atoms with Gasteiger partial charge < -0.3 is 30.7 Å². The van der Waals surface area contributed by atoms with E-state index in [2.05, 4.69) is 5.32 Å². The molecule has 1 rings (SSSR count). The van der Waals surface area contributed by atoms with Gasteiger partial charge in [0.1, 0.15) is 12.1 Å². The van der Waals surface area contributed by atoms with Crippen LogP contribution in [0.4, 0.5) is 0 Å². The lowest BCUT2D eigenvalue weighted by molar-refractivity contribution is -0.141. The monoisotopic (exact) mass is 356 g/mol. The molecule has 0 fully saturated rings. The van der Waals surface area contributed by atoms with Gasteiger partial charge in [0.15, 0.2) is 11.5 Å². The van der Waals surface area contributed by atoms with Crippen molar-refractivity contribution in [2.75, 3.05) is 14.2 Å². The molecule has 0 bridgehead atoms. The molecule has 1 unspecified atom stereocenters. The van der Waals surface area contributed by atoms with Gasteiger partial charge in [-0.1, -0.05) is 6.07 Å². The van der Waals surface area contributed by atoms with Crippen molar-refractivity contribution in [3.8, 4) is 11.5 Å². The fourth-order valence-corrected chi connectivity index (χ4v) is 1.69. The van der Waals surface area contributed by atoms with E-state index in [0.717, 1.165) is 5.56 Å². The van der Waals surface area contributed by atoms with E-state index in [0.29, 0.717) is 11.5 Å². The second-order valence-electron chi connectivity index (χ2n) is 5.11. The van der Waals surface area contributed by atoms with Crippen LogP contribution >= 0.6 is 0 Å². The molecule has 0 saturated carbocycles. The molecule has 2 atom stereocenters. The lowest BCUT2D eigenvalue weighted by Gasteiger charge is -2.14. The summed E-state index contributed by atoms with van der Waals surface area (Å²) in [4.78, 5) is 31.6. The Morgan fingerprint density at radius 2 is 1.64 bits per heavy atom. The van der Waals surface area contributed by atoms with E-state index in [1.54, 1.807) is 18.2 Å². The number of hydrogen-bond acceptors (Lipinski definition) is 6. The number of methoxy groups -OCH3 is 2. The molecular formula is C16H24N2O7. The van der Waals surface area contributed by atoms with E-state index < -0.39 is 24.0 Å². The fourth-order valence-electron chi connectivity index (χ4n) is 1.69. The number of aliphatic carboxylic acids is 2. The number of nitrogens with one attached hydrogen (secondary N) is 1. The highest BCUT2D eigenvalue weighted by atomic mass is 16.5. The van der Waals surface area contributed by atoms with Gasteiger partial charge in [-0.15, -0.1) is 0 Å². The molecule has 140 valence electrons. The number of amides is 1. The molecule has 1 aromatic carbocycles. The number of nitrogens with two attached hydrogens (primary N) is 1. The van der Waals surface area contributed by atoms with Gasteiger partial charge in [-0.05, 0) is 24.6 Å². The van der Waals surface area contributed by atoms with Gasteiger partial charge in [-0.2, -0.15) is 0 Å². The Hall–Kier alpha value is -2.81. The number of carboxylic acid groups (broad SMARTS) is 2. The number of carbonyl (C=O) groups excluding carboxylic acids is 1. The second kappa shape index (κ2) is 10.9. The zero-order valence-electron chi connectivity index (χ0n) is 14.6. The molecule has 0 aliphatic rings. The average Bonchev–Trinajstić information content (AvgIpc) is 2.54. The Labute approximate surface area is 145 Å². The summed E-state index contributed by atoms with van der Waals surface area (Å²) < 4.78 is 10.2. The molecule has 0 aliphatic heterocycles. The lowest BCUT2D eigenvalue weighted by Crippen LogP contribution is -2.41. The molecule has 0 heterocycles. The largest absolute Gasteiger partial charge is 0.493 e. The molecule has 0 saturated heterocycles. The predicted molar refractivity (Wildman–Crippen MR) is 89.8 cm³/mol. The first-order valence-corrected chi connectivity index (χ1v) is 7.31. The Kier molecular flexibility index (Phi) is 9.65. The third-order valence-corrected chi connectivity index (χ3v) is 2.95. The number of carbonyl (C=O) groups is 3. The van der Waals surface area contributed by atoms with Crippen molar-refractivity contribution in [1.82, 2.24) is 5.32 Å². The fraction of sp³-hybridized carbons (Fsp3) is 0.438. The van der Waals surface area contributed by atoms with Crippen LogP contribution in [0.3, 0.4) is 0 Å². The second-order valence-corrected chi connectivity index (χ2v) is 5.11. The first kappa shape index (κ1) is 22.2. The minimum Gasteiger partial charge on any atom is -0.493 e. The molecular weight excluding hydrogens is 332 g/mol. The zero-order valence-corrected chi connectivity index (χ0v) is 14.6. The maximum atomic E-state index is 11.0. The number of hydrogen-bond donors (Lipinski definition) is 4. The van der Waals surface area contributed by atoms with Crippen LogP contribution < -0.4 is 20.5 Å². The van der Waals surface area contributed by atoms with Crippen molar-refractivity contribution >= 4 is 17.8 Å². The average molecular weight is 356 g/mol. The van der Waals surface area contributed by atoms with E-state index in [-0.39, 0.29) is 12.3 Å². The molecule has 5 N–H and O–H groups in total. The van der Waals surface area contributed by atoms with E-state index in [4.69, 9.17) is 25.4 Å². The third kappa shape index (κ3) is 8.56. The highest BCUT2D eigenvalue weighted by molar-refractivity contribution is 5.82. The molecule has 0 spiro atoms. The maximum Gasteiger partial charge on any atom is 0.326 e. The topological polar surface area (TPSA) is 148 Å². The van der Waals surface area contributed by atoms with Crippen LogP contribution in [0.15, 0.2) is 18.2 Å². The summed E-state index contributed by atoms with van der Waals surface area (Å²) in [5, 5.41) is 19.3. The van der Waals surface area contributed by atoms with Crippen LogP contribution in [0.2, 0.25) is 0 Å². The molecule has 25 heavy (non-hydrogen) atoms. The predicted octanol–water partition coefficient (Wildman–Crippen LogP) is 0.254. The van der Waals surface area contributed by atoms with Crippen molar-refractivity contribution in [2.24, 2.45) is 5.73 Å². The number of benzene rings is 1. The normalized spacial score (nSPS) is 12.0. The number of carboxylic acids is 2. The SMILES string of the molecule is CC(N)C(=O)O.COc1ccc(C[C@@H](NC(C)=O)C(=O)O)cc1OC. The first-order valence-electron chi connectivity index (χ1n) is 7.31. The summed E-state index contributed by atoms with van der Waals surface area (Å²) in [6, 6.07) is 3.43. The third-order valence-electron chi connectivity index (χ3n) is 2.95. The van der Waals surface area contributed by atoms with Crippen molar-refractivity contribution in [3.63, 3.8) is 0 Å². The van der Waals surface area contributed by atoms with Crippen molar-refractivity contribution in [1.29, 1.82) is 0 Å². The van der Waals surface area contributed by atoms with Crippen molar-refractivity contribution in [2.45, 2.75) is 32.4 Å². The molecule has 9 nitrogen and oxygen atoms in total. The first-order chi connectivity index (χ1) is 11.6. The van der Waals surface area contributed by atoms with Crippen LogP contribution in [0.25, 0.3) is 0 Å². The van der Waals surface area contributed by atoms with Crippen LogP contribution in [-0.2, 0) is 20.8 Å². The molecule has 0 aromatic heterocycles. The van der Waals surface area contributed by atoms with Gasteiger partial charge in [-0.25, -0.2) is 4.79 Å². The van der Waals surface area contributed by atoms with E-state index in [1.165, 1.54) is 28.1 Å². The Balaban J connectivity index is 0.000000823. The van der Waals surface area contributed by atoms with Crippen molar-refractivity contribution in [3.05, 3.63) is 23.8 Å². The zero-order chi connectivity index (χ0) is 19.6. The van der Waals surface area contributed by atoms with Gasteiger partial charge in [0.05, 0.1) is 14.2 Å². The smallest absolute Gasteiger partial charge is 0.326 e. The molecule has 0 aliphatic carbocycles. The van der Waals surface area contributed by atoms with Crippen molar-refractivity contribution < 1.29 is 34.1 Å². The molecule has 9 heteroatoms. The standard InChI is InChI=1S/C13H17NO5.C3H7NO2/c1-8(15)14-10(13(16)17)6-9-4-5-11(18-2)12(7-9)19-3;1-2(4)3(5)6/h4-5,7,10H,6H2,1-3H3,(H,14,15)(H,16,17);2H,4H2,1H3,(H,5,6)/t10-;/m1./s1. The van der Waals surface area contributed by atoms with Gasteiger partial charge in [0, 0.05) is 13.3 Å². The highest BCUT2D eigenvalue weighted by Gasteiger charge is 2.19. The molecule has 1 amide bonds. The minimum absolute atomic E-state index is 0.176. The number of rotatable bonds is 7. The maximum absolute atomic E-state index is 11.0. The molecule has 1 aromatic rings. The quantitative estimate of drug-likeness (QED) is 0.543. The van der Waals surface area contributed by atoms with Crippen LogP contribution in [0.5, 0.6) is 11.5 Å². The van der Waals surface area contributed by atoms with Gasteiger partial charge in [-0.3, -0.25) is 9.59 Å². The summed E-state index contributed by atoms with van der Waals surface area (Å²) in [6.07, 6.45) is 0.176. The highest BCUT2D eigenvalue weighted by Crippen LogP contribution is 2.27. The lowest BCUT2D eigenvalue weighted by atomic mass is 10.1. The van der Waals surface area contributed by atoms with E-state index >= 15 is 0 Å². The van der Waals surface area contributed by atoms with Gasteiger partial charge in [0.2, 0.25) is 5.91 Å². The summed E-state index contributed by atoms with van der Waals surface area (Å²) >= 11 is 0. The van der Waals surface area contributed by atoms with Crippen LogP contribution in [-0.4, -0.2) is 54.4 Å². The van der Waals surface area contributed by atoms with E-state index in [9.17, 15) is 14.4 Å². The summed E-state index contributed by atoms with van der Waals surface area (Å²) in [6.45, 7) is 2.70. The summed E-state index contributed by atoms with van der Waals surface area (Å²) in [7, 11) is 3.03. The van der Waals surface area contributed by atoms with Gasteiger partial charge >= 0.3 is 11.9 Å². The van der Waals surface area contributed by atoms with Gasteiger partial charge in [0.25, 0.3) is 0 Å². The van der Waals surface area contributed by atoms with E-state index in [1.807, 2.05) is 0 Å². The van der Waals surface area contributed by atoms with Crippen LogP contribution in [0, 0.1) is 0 Å². The Morgan fingerprint density at radius 1 is 1.12 bits per heavy atom. The summed E-state index contributed by atoms with van der Waals surface area (Å²) in [5.41, 5.74) is 5.57. The Morgan fingerprint density at radius 3 is 2.00 bits per heavy atom. The minimum atomic E-state index is -1.08. The number of ether oxygens (including phenoxy) is 2.